The van der Waals surface area contributed by atoms with Crippen LogP contribution < -0.4 is 0 Å². The van der Waals surface area contributed by atoms with E-state index in [1.165, 1.54) is 0 Å². The third-order valence-corrected chi connectivity index (χ3v) is 6.79. The van der Waals surface area contributed by atoms with Crippen molar-refractivity contribution in [3.05, 3.63) is 35.1 Å². The third kappa shape index (κ3) is 4.44. The van der Waals surface area contributed by atoms with Crippen molar-refractivity contribution in [2.45, 2.75) is 102 Å². The molecule has 2 aliphatic rings. The Hall–Kier alpha value is -0.970. The van der Waals surface area contributed by atoms with Crippen LogP contribution in [0.2, 0.25) is 0 Å². The fourth-order valence-electron chi connectivity index (χ4n) is 5.90. The highest BCUT2D eigenvalue weighted by molar-refractivity contribution is 5.31. The van der Waals surface area contributed by atoms with Crippen LogP contribution in [0.3, 0.4) is 0 Å². The van der Waals surface area contributed by atoms with Gasteiger partial charge in [-0.05, 0) is 102 Å². The van der Waals surface area contributed by atoms with Crippen molar-refractivity contribution in [2.75, 3.05) is 13.7 Å². The summed E-state index contributed by atoms with van der Waals surface area (Å²) >= 11 is 0. The lowest BCUT2D eigenvalue weighted by Crippen LogP contribution is -2.59. The first-order valence-corrected chi connectivity index (χ1v) is 10.9. The molecule has 1 saturated heterocycles. The lowest BCUT2D eigenvalue weighted by molar-refractivity contribution is -0.266. The van der Waals surface area contributed by atoms with Crippen LogP contribution in [-0.4, -0.2) is 36.0 Å². The van der Waals surface area contributed by atoms with Crippen molar-refractivity contribution in [2.24, 2.45) is 0 Å². The molecular formula is C24H38FNO2. The zero-order chi connectivity index (χ0) is 20.5. The number of piperidine rings is 1. The van der Waals surface area contributed by atoms with Gasteiger partial charge in [-0.2, -0.15) is 5.06 Å². The Bertz CT molecular complexity index is 647. The largest absolute Gasteiger partial charge is 0.379 e. The monoisotopic (exact) mass is 391 g/mol. The number of hydrogen-bond acceptors (Lipinski definition) is 3. The smallest absolute Gasteiger partial charge is 0.126 e. The number of benzene rings is 1. The highest BCUT2D eigenvalue weighted by atomic mass is 19.1. The molecule has 0 atom stereocenters. The van der Waals surface area contributed by atoms with Crippen LogP contribution >= 0.6 is 0 Å². The van der Waals surface area contributed by atoms with E-state index >= 15 is 4.39 Å². The number of hydroxylamine groups is 2. The van der Waals surface area contributed by atoms with Crippen molar-refractivity contribution in [3.63, 3.8) is 0 Å². The van der Waals surface area contributed by atoms with E-state index in [1.807, 2.05) is 6.07 Å². The second-order valence-electron chi connectivity index (χ2n) is 9.92. The minimum absolute atomic E-state index is 0.0353. The molecule has 3 nitrogen and oxygen atoms in total. The quantitative estimate of drug-likeness (QED) is 0.598. The van der Waals surface area contributed by atoms with Crippen LogP contribution in [0.25, 0.3) is 0 Å². The molecule has 0 radical (unpaired) electrons. The van der Waals surface area contributed by atoms with Crippen LogP contribution in [-0.2, 0) is 9.57 Å². The van der Waals surface area contributed by atoms with Crippen LogP contribution in [0, 0.1) is 5.82 Å². The SMILES string of the molecule is CCOC1CCC(c2ccc(C3CC(C)(C)N(OC)C(C)(C)C3)c(F)c2)CC1. The number of rotatable bonds is 5. The Morgan fingerprint density at radius 1 is 1.00 bits per heavy atom. The molecule has 0 spiro atoms. The summed E-state index contributed by atoms with van der Waals surface area (Å²) in [6.45, 7) is 11.6. The van der Waals surface area contributed by atoms with Crippen LogP contribution in [0.15, 0.2) is 18.2 Å². The molecule has 1 aromatic rings. The first-order valence-electron chi connectivity index (χ1n) is 10.9. The van der Waals surface area contributed by atoms with E-state index in [0.29, 0.717) is 12.0 Å². The van der Waals surface area contributed by atoms with Gasteiger partial charge in [0.2, 0.25) is 0 Å². The highest BCUT2D eigenvalue weighted by Crippen LogP contribution is 2.46. The molecule has 2 fully saturated rings. The molecule has 0 bridgehead atoms. The maximum absolute atomic E-state index is 15.2. The first-order chi connectivity index (χ1) is 13.2. The van der Waals surface area contributed by atoms with Gasteiger partial charge in [0.25, 0.3) is 0 Å². The van der Waals surface area contributed by atoms with E-state index in [2.05, 4.69) is 51.8 Å². The summed E-state index contributed by atoms with van der Waals surface area (Å²) in [7, 11) is 1.74. The summed E-state index contributed by atoms with van der Waals surface area (Å²) in [6, 6.07) is 6.04. The molecule has 0 amide bonds. The molecule has 0 N–H and O–H groups in total. The van der Waals surface area contributed by atoms with Gasteiger partial charge in [-0.3, -0.25) is 0 Å². The lowest BCUT2D eigenvalue weighted by Gasteiger charge is -2.53. The fourth-order valence-corrected chi connectivity index (χ4v) is 5.90. The first kappa shape index (κ1) is 21.7. The molecule has 0 aromatic heterocycles. The maximum atomic E-state index is 15.2. The Balaban J connectivity index is 1.74. The van der Waals surface area contributed by atoms with Gasteiger partial charge in [0, 0.05) is 17.7 Å². The molecular weight excluding hydrogens is 353 g/mol. The Labute approximate surface area is 170 Å². The summed E-state index contributed by atoms with van der Waals surface area (Å²) in [5, 5.41) is 2.08. The second-order valence-corrected chi connectivity index (χ2v) is 9.92. The van der Waals surface area contributed by atoms with Crippen molar-refractivity contribution in [1.82, 2.24) is 5.06 Å². The van der Waals surface area contributed by atoms with E-state index in [9.17, 15) is 0 Å². The molecule has 1 saturated carbocycles. The summed E-state index contributed by atoms with van der Waals surface area (Å²) in [5.41, 5.74) is 1.75. The molecule has 1 aliphatic carbocycles. The van der Waals surface area contributed by atoms with Gasteiger partial charge < -0.3 is 9.57 Å². The van der Waals surface area contributed by atoms with Crippen molar-refractivity contribution < 1.29 is 14.0 Å². The molecule has 28 heavy (non-hydrogen) atoms. The number of nitrogens with zero attached hydrogens (tertiary/aromatic N) is 1. The van der Waals surface area contributed by atoms with Gasteiger partial charge in [0.15, 0.2) is 0 Å². The summed E-state index contributed by atoms with van der Waals surface area (Å²) in [6.07, 6.45) is 6.52. The van der Waals surface area contributed by atoms with Crippen LogP contribution in [0.1, 0.15) is 96.1 Å². The Kier molecular flexibility index (Phi) is 6.53. The van der Waals surface area contributed by atoms with Gasteiger partial charge in [0.1, 0.15) is 5.82 Å². The summed E-state index contributed by atoms with van der Waals surface area (Å²) in [5.74, 6) is 0.634. The van der Waals surface area contributed by atoms with E-state index in [-0.39, 0.29) is 22.8 Å². The molecule has 158 valence electrons. The topological polar surface area (TPSA) is 21.7 Å². The predicted octanol–water partition coefficient (Wildman–Crippen LogP) is 6.19. The molecule has 1 aromatic carbocycles. The van der Waals surface area contributed by atoms with Gasteiger partial charge >= 0.3 is 0 Å². The van der Waals surface area contributed by atoms with Crippen LogP contribution in [0.4, 0.5) is 4.39 Å². The van der Waals surface area contributed by atoms with E-state index in [1.54, 1.807) is 7.11 Å². The second kappa shape index (κ2) is 8.41. The Morgan fingerprint density at radius 3 is 2.11 bits per heavy atom. The van der Waals surface area contributed by atoms with Gasteiger partial charge in [-0.25, -0.2) is 4.39 Å². The van der Waals surface area contributed by atoms with Crippen LogP contribution in [0.5, 0.6) is 0 Å². The minimum Gasteiger partial charge on any atom is -0.379 e. The van der Waals surface area contributed by atoms with Gasteiger partial charge in [0.05, 0.1) is 13.2 Å². The number of ether oxygens (including phenoxy) is 1. The summed E-state index contributed by atoms with van der Waals surface area (Å²) < 4.78 is 21.0. The number of hydrogen-bond donors (Lipinski definition) is 0. The highest BCUT2D eigenvalue weighted by Gasteiger charge is 2.46. The van der Waals surface area contributed by atoms with E-state index < -0.39 is 0 Å². The standard InChI is InChI=1S/C24H38FNO2/c1-7-28-20-11-8-17(9-12-20)18-10-13-21(22(25)14-18)19-15-23(2,3)26(27-6)24(4,5)16-19/h10,13-14,17,19-20H,7-9,11-12,15-16H2,1-6H3. The average molecular weight is 392 g/mol. The zero-order valence-electron chi connectivity index (χ0n) is 18.6. The third-order valence-electron chi connectivity index (χ3n) is 6.79. The zero-order valence-corrected chi connectivity index (χ0v) is 18.6. The normalized spacial score (nSPS) is 28.4. The molecule has 1 aliphatic heterocycles. The average Bonchev–Trinajstić information content (AvgIpc) is 2.61. The molecule has 1 heterocycles. The number of halogens is 1. The van der Waals surface area contributed by atoms with Gasteiger partial charge in [-0.15, -0.1) is 0 Å². The van der Waals surface area contributed by atoms with Crippen molar-refractivity contribution in [3.8, 4) is 0 Å². The fraction of sp³-hybridized carbons (Fsp3) is 0.750. The summed E-state index contributed by atoms with van der Waals surface area (Å²) in [4.78, 5) is 5.69. The molecule has 0 unspecified atom stereocenters. The van der Waals surface area contributed by atoms with E-state index in [0.717, 1.165) is 56.3 Å². The predicted molar refractivity (Wildman–Crippen MR) is 112 cm³/mol. The molecule has 4 heteroatoms. The lowest BCUT2D eigenvalue weighted by atomic mass is 9.72. The Morgan fingerprint density at radius 2 is 1.61 bits per heavy atom. The minimum atomic E-state index is -0.135. The van der Waals surface area contributed by atoms with Crippen molar-refractivity contribution in [1.29, 1.82) is 0 Å². The van der Waals surface area contributed by atoms with Gasteiger partial charge in [-0.1, -0.05) is 12.1 Å². The maximum Gasteiger partial charge on any atom is 0.126 e. The van der Waals surface area contributed by atoms with E-state index in [4.69, 9.17) is 9.57 Å². The molecule has 3 rings (SSSR count). The van der Waals surface area contributed by atoms with Crippen molar-refractivity contribution >= 4 is 0 Å².